The molecule has 2 rings (SSSR count). The van der Waals surface area contributed by atoms with Gasteiger partial charge >= 0.3 is 6.03 Å². The molecule has 2 amide bonds. The number of fused-ring (bicyclic) bond motifs is 1. The Morgan fingerprint density at radius 1 is 1.30 bits per heavy atom. The predicted molar refractivity (Wildman–Crippen MR) is 78.7 cm³/mol. The van der Waals surface area contributed by atoms with Crippen molar-refractivity contribution in [2.24, 2.45) is 0 Å². The van der Waals surface area contributed by atoms with E-state index in [4.69, 9.17) is 0 Å². The number of nitrogens with one attached hydrogen (secondary N) is 3. The van der Waals surface area contributed by atoms with Gasteiger partial charge in [-0.05, 0) is 25.5 Å². The van der Waals surface area contributed by atoms with Crippen LogP contribution in [0.15, 0.2) is 17.7 Å². The lowest BCUT2D eigenvalue weighted by Gasteiger charge is -2.05. The summed E-state index contributed by atoms with van der Waals surface area (Å²) in [5.41, 5.74) is 1.58. The fourth-order valence-corrected chi connectivity index (χ4v) is 2.63. The van der Waals surface area contributed by atoms with Crippen LogP contribution >= 0.6 is 11.8 Å². The second-order valence-corrected chi connectivity index (χ2v) is 5.21. The number of urea groups is 1. The van der Waals surface area contributed by atoms with Gasteiger partial charge in [-0.2, -0.15) is 0 Å². The summed E-state index contributed by atoms with van der Waals surface area (Å²) in [4.78, 5) is 26.6. The maximum absolute atomic E-state index is 11.2. The average Bonchev–Trinajstić information content (AvgIpc) is 2.92. The minimum atomic E-state index is -0.102. The minimum absolute atomic E-state index is 0.102. The van der Waals surface area contributed by atoms with Gasteiger partial charge in [0.15, 0.2) is 5.65 Å². The van der Waals surface area contributed by atoms with Crippen molar-refractivity contribution in [1.82, 2.24) is 30.6 Å². The molecular formula is C12H18N6OS. The maximum atomic E-state index is 11.2. The number of rotatable bonds is 7. The summed E-state index contributed by atoms with van der Waals surface area (Å²) in [6.45, 7) is 3.24. The van der Waals surface area contributed by atoms with Gasteiger partial charge < -0.3 is 15.6 Å². The number of thioether (sulfide) groups is 1. The van der Waals surface area contributed by atoms with Crippen LogP contribution in [0.25, 0.3) is 11.2 Å². The lowest BCUT2D eigenvalue weighted by Crippen LogP contribution is -2.35. The van der Waals surface area contributed by atoms with Gasteiger partial charge in [0.2, 0.25) is 0 Å². The van der Waals surface area contributed by atoms with Gasteiger partial charge in [-0.3, -0.25) is 0 Å². The van der Waals surface area contributed by atoms with Crippen LogP contribution < -0.4 is 10.6 Å². The highest BCUT2D eigenvalue weighted by atomic mass is 32.2. The molecule has 0 aliphatic rings. The number of nitrogens with zero attached hydrogens (tertiary/aromatic N) is 3. The van der Waals surface area contributed by atoms with Crippen molar-refractivity contribution in [3.05, 3.63) is 12.7 Å². The molecule has 3 N–H and O–H groups in total. The Kier molecular flexibility index (Phi) is 5.60. The number of aromatic nitrogens is 4. The topological polar surface area (TPSA) is 95.6 Å². The number of amides is 2. The van der Waals surface area contributed by atoms with E-state index in [0.717, 1.165) is 29.1 Å². The van der Waals surface area contributed by atoms with Gasteiger partial charge in [-0.25, -0.2) is 19.7 Å². The summed E-state index contributed by atoms with van der Waals surface area (Å²) in [5.74, 6) is 0.947. The molecule has 0 aromatic carbocycles. The van der Waals surface area contributed by atoms with E-state index < -0.39 is 0 Å². The molecule has 0 spiro atoms. The predicted octanol–water partition coefficient (Wildman–Crippen LogP) is 1.54. The fraction of sp³-hybridized carbons (Fsp3) is 0.500. The number of aromatic amines is 1. The minimum Gasteiger partial charge on any atom is -0.341 e. The lowest BCUT2D eigenvalue weighted by atomic mass is 10.3. The Hall–Kier alpha value is -1.83. The molecule has 7 nitrogen and oxygen atoms in total. The molecule has 0 fully saturated rings. The molecule has 2 aromatic heterocycles. The number of hydrogen-bond acceptors (Lipinski definition) is 5. The normalized spacial score (nSPS) is 10.7. The van der Waals surface area contributed by atoms with E-state index in [-0.39, 0.29) is 6.03 Å². The Bertz CT molecular complexity index is 558. The van der Waals surface area contributed by atoms with Crippen LogP contribution in [0.4, 0.5) is 4.79 Å². The highest BCUT2D eigenvalue weighted by Gasteiger charge is 2.05. The first-order chi connectivity index (χ1) is 9.81. The largest absolute Gasteiger partial charge is 0.341 e. The Labute approximate surface area is 121 Å². The summed E-state index contributed by atoms with van der Waals surface area (Å²) in [7, 11) is 0. The second-order valence-electron chi connectivity index (χ2n) is 4.12. The average molecular weight is 294 g/mol. The van der Waals surface area contributed by atoms with Crippen molar-refractivity contribution >= 4 is 29.0 Å². The molecule has 0 radical (unpaired) electrons. The first-order valence-electron chi connectivity index (χ1n) is 6.60. The van der Waals surface area contributed by atoms with Crippen LogP contribution in [0.3, 0.4) is 0 Å². The van der Waals surface area contributed by atoms with E-state index in [9.17, 15) is 4.79 Å². The number of H-pyrrole nitrogens is 1. The standard InChI is InChI=1S/C12H18N6OS/c1-2-13-12(19)14-5-3-4-6-20-11-9-10(16-7-15-9)17-8-18-11/h7-8H,2-6H2,1H3,(H2,13,14,19)(H,15,16,17,18). The zero-order chi connectivity index (χ0) is 14.2. The summed E-state index contributed by atoms with van der Waals surface area (Å²) in [6.07, 6.45) is 5.11. The Balaban J connectivity index is 1.66. The van der Waals surface area contributed by atoms with E-state index in [2.05, 4.69) is 30.6 Å². The molecule has 2 aromatic rings. The summed E-state index contributed by atoms with van der Waals surface area (Å²) >= 11 is 1.67. The van der Waals surface area contributed by atoms with Crippen LogP contribution in [-0.2, 0) is 0 Å². The third-order valence-electron chi connectivity index (χ3n) is 2.62. The van der Waals surface area contributed by atoms with Gasteiger partial charge in [0.1, 0.15) is 16.9 Å². The number of imidazole rings is 1. The van der Waals surface area contributed by atoms with Gasteiger partial charge in [-0.15, -0.1) is 11.8 Å². The number of unbranched alkanes of at least 4 members (excludes halogenated alkanes) is 1. The second kappa shape index (κ2) is 7.68. The fourth-order valence-electron chi connectivity index (χ4n) is 1.67. The molecule has 0 saturated carbocycles. The molecule has 0 atom stereocenters. The molecule has 0 saturated heterocycles. The third-order valence-corrected chi connectivity index (χ3v) is 3.70. The van der Waals surface area contributed by atoms with Gasteiger partial charge in [0, 0.05) is 13.1 Å². The van der Waals surface area contributed by atoms with Crippen LogP contribution in [0.1, 0.15) is 19.8 Å². The summed E-state index contributed by atoms with van der Waals surface area (Å²) in [5, 5.41) is 6.42. The number of carbonyl (C=O) groups is 1. The molecule has 0 aliphatic heterocycles. The molecular weight excluding hydrogens is 276 g/mol. The smallest absolute Gasteiger partial charge is 0.314 e. The van der Waals surface area contributed by atoms with Crippen LogP contribution in [0, 0.1) is 0 Å². The zero-order valence-corrected chi connectivity index (χ0v) is 12.2. The van der Waals surface area contributed by atoms with Crippen LogP contribution in [-0.4, -0.2) is 44.8 Å². The molecule has 0 bridgehead atoms. The van der Waals surface area contributed by atoms with E-state index in [1.54, 1.807) is 18.1 Å². The van der Waals surface area contributed by atoms with E-state index in [1.165, 1.54) is 6.33 Å². The van der Waals surface area contributed by atoms with E-state index in [0.29, 0.717) is 18.7 Å². The Morgan fingerprint density at radius 3 is 3.05 bits per heavy atom. The molecule has 20 heavy (non-hydrogen) atoms. The zero-order valence-electron chi connectivity index (χ0n) is 11.3. The van der Waals surface area contributed by atoms with Crippen LogP contribution in [0.5, 0.6) is 0 Å². The first kappa shape index (κ1) is 14.6. The highest BCUT2D eigenvalue weighted by molar-refractivity contribution is 7.99. The highest BCUT2D eigenvalue weighted by Crippen LogP contribution is 2.22. The molecule has 0 unspecified atom stereocenters. The number of carbonyl (C=O) groups excluding carboxylic acids is 1. The third kappa shape index (κ3) is 4.09. The van der Waals surface area contributed by atoms with Crippen LogP contribution in [0.2, 0.25) is 0 Å². The van der Waals surface area contributed by atoms with E-state index >= 15 is 0 Å². The molecule has 8 heteroatoms. The Morgan fingerprint density at radius 2 is 2.20 bits per heavy atom. The summed E-state index contributed by atoms with van der Waals surface area (Å²) in [6, 6.07) is -0.102. The van der Waals surface area contributed by atoms with E-state index in [1.807, 2.05) is 6.92 Å². The van der Waals surface area contributed by atoms with Crippen molar-refractivity contribution in [1.29, 1.82) is 0 Å². The number of hydrogen-bond donors (Lipinski definition) is 3. The molecule has 108 valence electrons. The van der Waals surface area contributed by atoms with Crippen molar-refractivity contribution in [3.63, 3.8) is 0 Å². The molecule has 0 aliphatic carbocycles. The lowest BCUT2D eigenvalue weighted by molar-refractivity contribution is 0.241. The van der Waals surface area contributed by atoms with Gasteiger partial charge in [-0.1, -0.05) is 0 Å². The van der Waals surface area contributed by atoms with Crippen molar-refractivity contribution < 1.29 is 4.79 Å². The molecule has 2 heterocycles. The maximum Gasteiger partial charge on any atom is 0.314 e. The van der Waals surface area contributed by atoms with Gasteiger partial charge in [0.05, 0.1) is 6.33 Å². The quantitative estimate of drug-likeness (QED) is 0.409. The first-order valence-corrected chi connectivity index (χ1v) is 7.58. The summed E-state index contributed by atoms with van der Waals surface area (Å²) < 4.78 is 0. The van der Waals surface area contributed by atoms with Crippen molar-refractivity contribution in [2.75, 3.05) is 18.8 Å². The van der Waals surface area contributed by atoms with Gasteiger partial charge in [0.25, 0.3) is 0 Å². The SMILES string of the molecule is CCNC(=O)NCCCCSc1ncnc2nc[nH]c12. The van der Waals surface area contributed by atoms with Crippen molar-refractivity contribution in [3.8, 4) is 0 Å². The monoisotopic (exact) mass is 294 g/mol. The van der Waals surface area contributed by atoms with Crippen molar-refractivity contribution in [2.45, 2.75) is 24.8 Å².